The lowest BCUT2D eigenvalue weighted by molar-refractivity contribution is 0.965. The smallest absolute Gasteiger partial charge is 0.0221 e. The number of aryl methyl sites for hydroxylation is 2. The van der Waals surface area contributed by atoms with Crippen molar-refractivity contribution in [3.8, 4) is 11.1 Å². The normalized spacial score (nSPS) is 14.8. The maximum Gasteiger partial charge on any atom is 0.0221 e. The SMILES string of the molecule is BrCC=C1c2ccccc2CCc2cc(-c3ccccc3)ccc21. The Hall–Kier alpha value is -2.12. The van der Waals surface area contributed by atoms with Crippen LogP contribution in [0.15, 0.2) is 78.9 Å². The van der Waals surface area contributed by atoms with Crippen molar-refractivity contribution < 1.29 is 0 Å². The minimum absolute atomic E-state index is 0.872. The van der Waals surface area contributed by atoms with Gasteiger partial charge < -0.3 is 0 Å². The molecular weight excluding hydrogens is 356 g/mol. The van der Waals surface area contributed by atoms with Crippen molar-refractivity contribution in [2.24, 2.45) is 0 Å². The molecule has 4 rings (SSSR count). The van der Waals surface area contributed by atoms with Crippen LogP contribution in [-0.4, -0.2) is 5.33 Å². The van der Waals surface area contributed by atoms with Gasteiger partial charge >= 0.3 is 0 Å². The minimum Gasteiger partial charge on any atom is -0.0883 e. The molecule has 0 fully saturated rings. The molecule has 0 spiro atoms. The van der Waals surface area contributed by atoms with Crippen LogP contribution < -0.4 is 0 Å². The fraction of sp³-hybridized carbons (Fsp3) is 0.130. The van der Waals surface area contributed by atoms with E-state index in [1.807, 2.05) is 0 Å². The molecule has 24 heavy (non-hydrogen) atoms. The Morgan fingerprint density at radius 1 is 0.708 bits per heavy atom. The second-order valence-electron chi connectivity index (χ2n) is 6.17. The molecule has 0 nitrogen and oxygen atoms in total. The number of rotatable bonds is 2. The number of allylic oxidation sites excluding steroid dienone is 1. The molecule has 0 bridgehead atoms. The van der Waals surface area contributed by atoms with Crippen molar-refractivity contribution in [1.29, 1.82) is 0 Å². The van der Waals surface area contributed by atoms with Crippen LogP contribution in [-0.2, 0) is 12.8 Å². The van der Waals surface area contributed by atoms with Gasteiger partial charge in [-0.25, -0.2) is 0 Å². The van der Waals surface area contributed by atoms with Crippen LogP contribution in [0.2, 0.25) is 0 Å². The number of alkyl halides is 1. The summed E-state index contributed by atoms with van der Waals surface area (Å²) in [5.41, 5.74) is 9.59. The molecule has 0 unspecified atom stereocenters. The highest BCUT2D eigenvalue weighted by atomic mass is 79.9. The number of halogens is 1. The third-order valence-electron chi connectivity index (χ3n) is 4.76. The van der Waals surface area contributed by atoms with Crippen molar-refractivity contribution in [3.05, 3.63) is 101 Å². The summed E-state index contributed by atoms with van der Waals surface area (Å²) in [4.78, 5) is 0. The van der Waals surface area contributed by atoms with Crippen LogP contribution in [0.3, 0.4) is 0 Å². The second kappa shape index (κ2) is 6.78. The van der Waals surface area contributed by atoms with Gasteiger partial charge in [0, 0.05) is 5.33 Å². The zero-order valence-corrected chi connectivity index (χ0v) is 15.1. The van der Waals surface area contributed by atoms with E-state index in [4.69, 9.17) is 0 Å². The molecule has 0 N–H and O–H groups in total. The van der Waals surface area contributed by atoms with Gasteiger partial charge in [0.05, 0.1) is 0 Å². The van der Waals surface area contributed by atoms with Gasteiger partial charge in [-0.1, -0.05) is 94.8 Å². The first-order valence-corrected chi connectivity index (χ1v) is 9.52. The van der Waals surface area contributed by atoms with Crippen molar-refractivity contribution in [1.82, 2.24) is 0 Å². The van der Waals surface area contributed by atoms with Crippen LogP contribution in [0.1, 0.15) is 22.3 Å². The van der Waals surface area contributed by atoms with Crippen molar-refractivity contribution in [3.63, 3.8) is 0 Å². The van der Waals surface area contributed by atoms with Crippen molar-refractivity contribution >= 4 is 21.5 Å². The fourth-order valence-corrected chi connectivity index (χ4v) is 3.91. The predicted octanol–water partition coefficient (Wildman–Crippen LogP) is 6.28. The van der Waals surface area contributed by atoms with E-state index in [0.29, 0.717) is 0 Å². The zero-order valence-electron chi connectivity index (χ0n) is 13.5. The van der Waals surface area contributed by atoms with Gasteiger partial charge in [-0.05, 0) is 51.8 Å². The van der Waals surface area contributed by atoms with Crippen LogP contribution in [0.25, 0.3) is 16.7 Å². The molecule has 118 valence electrons. The van der Waals surface area contributed by atoms with Crippen molar-refractivity contribution in [2.75, 3.05) is 5.33 Å². The molecule has 0 radical (unpaired) electrons. The van der Waals surface area contributed by atoms with Gasteiger partial charge in [0.25, 0.3) is 0 Å². The van der Waals surface area contributed by atoms with Gasteiger partial charge in [-0.3, -0.25) is 0 Å². The predicted molar refractivity (Wildman–Crippen MR) is 107 cm³/mol. The first kappa shape index (κ1) is 15.4. The molecule has 1 aliphatic rings. The van der Waals surface area contributed by atoms with E-state index >= 15 is 0 Å². The van der Waals surface area contributed by atoms with Gasteiger partial charge in [0.1, 0.15) is 0 Å². The molecule has 1 heteroatoms. The molecule has 0 atom stereocenters. The standard InChI is InChI=1S/C23H19Br/c24-15-14-23-21-9-5-4-8-18(21)10-11-20-16-19(12-13-22(20)23)17-6-2-1-3-7-17/h1-9,12-14,16H,10-11,15H2. The molecule has 1 aliphatic carbocycles. The molecule has 0 heterocycles. The zero-order chi connectivity index (χ0) is 16.4. The highest BCUT2D eigenvalue weighted by molar-refractivity contribution is 9.09. The first-order chi connectivity index (χ1) is 11.9. The summed E-state index contributed by atoms with van der Waals surface area (Å²) in [5.74, 6) is 0. The Kier molecular flexibility index (Phi) is 4.36. The summed E-state index contributed by atoms with van der Waals surface area (Å²) in [5, 5.41) is 0.872. The van der Waals surface area contributed by atoms with Crippen LogP contribution >= 0.6 is 15.9 Å². The average molecular weight is 375 g/mol. The number of fused-ring (bicyclic) bond motifs is 2. The topological polar surface area (TPSA) is 0 Å². The lowest BCUT2D eigenvalue weighted by Crippen LogP contribution is -1.94. The maximum atomic E-state index is 3.59. The van der Waals surface area contributed by atoms with E-state index in [2.05, 4.69) is 94.8 Å². The maximum absolute atomic E-state index is 3.59. The highest BCUT2D eigenvalue weighted by Gasteiger charge is 2.18. The monoisotopic (exact) mass is 374 g/mol. The van der Waals surface area contributed by atoms with Gasteiger partial charge in [0.2, 0.25) is 0 Å². The molecule has 0 saturated heterocycles. The van der Waals surface area contributed by atoms with E-state index < -0.39 is 0 Å². The summed E-state index contributed by atoms with van der Waals surface area (Å²) < 4.78 is 0. The Labute approximate surface area is 152 Å². The molecule has 3 aromatic rings. The summed E-state index contributed by atoms with van der Waals surface area (Å²) in [6.07, 6.45) is 4.48. The molecule has 3 aromatic carbocycles. The summed E-state index contributed by atoms with van der Waals surface area (Å²) >= 11 is 3.59. The van der Waals surface area contributed by atoms with Crippen LogP contribution in [0, 0.1) is 0 Å². The van der Waals surface area contributed by atoms with E-state index in [9.17, 15) is 0 Å². The Morgan fingerprint density at radius 3 is 2.25 bits per heavy atom. The third-order valence-corrected chi connectivity index (χ3v) is 5.08. The largest absolute Gasteiger partial charge is 0.0883 e. The Bertz CT molecular complexity index is 891. The Balaban J connectivity index is 1.86. The summed E-state index contributed by atoms with van der Waals surface area (Å²) in [7, 11) is 0. The molecule has 0 amide bonds. The third kappa shape index (κ3) is 2.85. The van der Waals surface area contributed by atoms with Crippen LogP contribution in [0.4, 0.5) is 0 Å². The molecule has 0 aromatic heterocycles. The van der Waals surface area contributed by atoms with Crippen molar-refractivity contribution in [2.45, 2.75) is 12.8 Å². The summed E-state index contributed by atoms with van der Waals surface area (Å²) in [6.45, 7) is 0. The van der Waals surface area contributed by atoms with Gasteiger partial charge in [0.15, 0.2) is 0 Å². The van der Waals surface area contributed by atoms with Crippen LogP contribution in [0.5, 0.6) is 0 Å². The van der Waals surface area contributed by atoms with E-state index in [-0.39, 0.29) is 0 Å². The number of benzene rings is 3. The second-order valence-corrected chi connectivity index (χ2v) is 6.81. The van der Waals surface area contributed by atoms with Gasteiger partial charge in [-0.15, -0.1) is 0 Å². The molecule has 0 aliphatic heterocycles. The van der Waals surface area contributed by atoms with E-state index in [1.54, 1.807) is 0 Å². The Morgan fingerprint density at radius 2 is 1.42 bits per heavy atom. The molecule has 0 saturated carbocycles. The average Bonchev–Trinajstić information content (AvgIpc) is 2.80. The van der Waals surface area contributed by atoms with Gasteiger partial charge in [-0.2, -0.15) is 0 Å². The lowest BCUT2D eigenvalue weighted by Gasteiger charge is -2.13. The quantitative estimate of drug-likeness (QED) is 0.463. The highest BCUT2D eigenvalue weighted by Crippen LogP contribution is 2.35. The fourth-order valence-electron chi connectivity index (χ4n) is 3.59. The minimum atomic E-state index is 0.872. The number of hydrogen-bond donors (Lipinski definition) is 0. The molecular formula is C23H19Br. The van der Waals surface area contributed by atoms with E-state index in [0.717, 1.165) is 18.2 Å². The first-order valence-electron chi connectivity index (χ1n) is 8.40. The van der Waals surface area contributed by atoms with E-state index in [1.165, 1.54) is 39.0 Å². The lowest BCUT2D eigenvalue weighted by atomic mass is 9.92. The number of hydrogen-bond acceptors (Lipinski definition) is 0. The summed E-state index contributed by atoms with van der Waals surface area (Å²) in [6, 6.07) is 26.4.